The first-order valence-corrected chi connectivity index (χ1v) is 7.45. The highest BCUT2D eigenvalue weighted by Gasteiger charge is 2.30. The highest BCUT2D eigenvalue weighted by Crippen LogP contribution is 2.29. The molecule has 4 N–H and O–H groups in total. The number of halogens is 3. The molecule has 0 aliphatic rings. The van der Waals surface area contributed by atoms with Gasteiger partial charge in [0.1, 0.15) is 0 Å². The number of hydrogen-bond acceptors (Lipinski definition) is 6. The molecular formula is C16H13F3N6O2. The summed E-state index contributed by atoms with van der Waals surface area (Å²) in [7, 11) is 1.45. The lowest BCUT2D eigenvalue weighted by atomic mass is 10.1. The topological polar surface area (TPSA) is 122 Å². The summed E-state index contributed by atoms with van der Waals surface area (Å²) in [5.74, 6) is -0.0726. The monoisotopic (exact) mass is 378 g/mol. The van der Waals surface area contributed by atoms with E-state index in [1.807, 2.05) is 0 Å². The molecule has 0 spiro atoms. The summed E-state index contributed by atoms with van der Waals surface area (Å²) >= 11 is 0. The Labute approximate surface area is 150 Å². The number of H-pyrrole nitrogens is 1. The maximum atomic E-state index is 12.6. The third-order valence-electron chi connectivity index (χ3n) is 3.45. The average molecular weight is 378 g/mol. The number of aliphatic imine (C=N–C) groups is 1. The van der Waals surface area contributed by atoms with Crippen LogP contribution < -0.4 is 10.5 Å². The predicted molar refractivity (Wildman–Crippen MR) is 91.1 cm³/mol. The number of ether oxygens (including phenoxy) is 2. The molecule has 140 valence electrons. The number of amidine groups is 1. The number of fused-ring (bicyclic) bond motifs is 1. The fourth-order valence-electron chi connectivity index (χ4n) is 2.20. The lowest BCUT2D eigenvalue weighted by molar-refractivity contribution is -0.137. The highest BCUT2D eigenvalue weighted by atomic mass is 19.4. The molecule has 0 fully saturated rings. The number of nitrogens with one attached hydrogen (secondary N) is 2. The molecule has 0 saturated heterocycles. The van der Waals surface area contributed by atoms with E-state index in [2.05, 4.69) is 19.9 Å². The van der Waals surface area contributed by atoms with Crippen LogP contribution in [0.15, 0.2) is 41.5 Å². The van der Waals surface area contributed by atoms with Crippen molar-refractivity contribution < 1.29 is 22.6 Å². The Balaban J connectivity index is 1.76. The molecule has 0 amide bonds. The van der Waals surface area contributed by atoms with Gasteiger partial charge in [-0.2, -0.15) is 18.2 Å². The number of methoxy groups -OCH3 is 1. The number of hydrogen-bond donors (Lipinski definition) is 3. The van der Waals surface area contributed by atoms with E-state index in [0.29, 0.717) is 16.9 Å². The zero-order valence-electron chi connectivity index (χ0n) is 13.8. The summed E-state index contributed by atoms with van der Waals surface area (Å²) in [5, 5.41) is 7.80. The largest absolute Gasteiger partial charge is 0.479 e. The second-order valence-corrected chi connectivity index (χ2v) is 5.23. The molecule has 1 aromatic carbocycles. The van der Waals surface area contributed by atoms with Crippen molar-refractivity contribution in [2.45, 2.75) is 6.18 Å². The molecule has 0 bridgehead atoms. The number of rotatable bonds is 3. The van der Waals surface area contributed by atoms with Gasteiger partial charge >= 0.3 is 6.18 Å². The molecule has 0 saturated carbocycles. The molecule has 2 heterocycles. The Hall–Kier alpha value is -3.63. The van der Waals surface area contributed by atoms with Gasteiger partial charge in [0.25, 0.3) is 6.02 Å². The minimum atomic E-state index is -4.46. The van der Waals surface area contributed by atoms with Gasteiger partial charge in [-0.15, -0.1) is 0 Å². The minimum absolute atomic E-state index is 0.0917. The van der Waals surface area contributed by atoms with Crippen molar-refractivity contribution >= 4 is 28.9 Å². The van der Waals surface area contributed by atoms with Crippen molar-refractivity contribution in [1.82, 2.24) is 15.0 Å². The highest BCUT2D eigenvalue weighted by molar-refractivity contribution is 5.99. The zero-order chi connectivity index (χ0) is 19.6. The van der Waals surface area contributed by atoms with E-state index >= 15 is 0 Å². The van der Waals surface area contributed by atoms with Gasteiger partial charge < -0.3 is 20.2 Å². The van der Waals surface area contributed by atoms with Gasteiger partial charge in [0.05, 0.1) is 18.2 Å². The Morgan fingerprint density at radius 2 is 1.93 bits per heavy atom. The van der Waals surface area contributed by atoms with Crippen molar-refractivity contribution in [3.63, 3.8) is 0 Å². The maximum absolute atomic E-state index is 12.6. The van der Waals surface area contributed by atoms with Crippen LogP contribution in [0.1, 0.15) is 11.1 Å². The fraction of sp³-hybridized carbons (Fsp3) is 0.125. The molecule has 27 heavy (non-hydrogen) atoms. The van der Waals surface area contributed by atoms with Crippen LogP contribution in [-0.2, 0) is 10.9 Å². The lowest BCUT2D eigenvalue weighted by Gasteiger charge is -2.08. The smallest absolute Gasteiger partial charge is 0.416 e. The van der Waals surface area contributed by atoms with Gasteiger partial charge in [-0.25, -0.2) is 9.97 Å². The van der Waals surface area contributed by atoms with Crippen LogP contribution in [0, 0.1) is 5.41 Å². The Morgan fingerprint density at radius 3 is 2.56 bits per heavy atom. The third kappa shape index (κ3) is 3.97. The molecule has 8 nitrogen and oxygen atoms in total. The van der Waals surface area contributed by atoms with Gasteiger partial charge in [-0.05, 0) is 30.3 Å². The molecule has 3 rings (SSSR count). The minimum Gasteiger partial charge on any atom is -0.479 e. The van der Waals surface area contributed by atoms with Crippen molar-refractivity contribution in [3.05, 3.63) is 47.7 Å². The molecule has 0 aliphatic heterocycles. The third-order valence-corrected chi connectivity index (χ3v) is 3.45. The van der Waals surface area contributed by atoms with Gasteiger partial charge in [0, 0.05) is 11.8 Å². The molecule has 11 heteroatoms. The van der Waals surface area contributed by atoms with Crippen molar-refractivity contribution in [3.8, 4) is 5.88 Å². The Morgan fingerprint density at radius 1 is 1.22 bits per heavy atom. The first-order valence-electron chi connectivity index (χ1n) is 7.45. The SMILES string of the molecule is COc1nccc2[nH]c(/N=C(\N)OC(=N)c3ccc(C(F)(F)F)cc3)nc12. The van der Waals surface area contributed by atoms with E-state index in [4.69, 9.17) is 20.6 Å². The molecular weight excluding hydrogens is 365 g/mol. The molecule has 0 atom stereocenters. The molecule has 0 aliphatic carbocycles. The van der Waals surface area contributed by atoms with Crippen LogP contribution in [0.5, 0.6) is 5.88 Å². The zero-order valence-corrected chi connectivity index (χ0v) is 13.8. The van der Waals surface area contributed by atoms with Crippen LogP contribution >= 0.6 is 0 Å². The fourth-order valence-corrected chi connectivity index (χ4v) is 2.20. The summed E-state index contributed by atoms with van der Waals surface area (Å²) < 4.78 is 47.8. The number of alkyl halides is 3. The molecule has 0 unspecified atom stereocenters. The number of aromatic nitrogens is 3. The Kier molecular flexibility index (Phi) is 4.67. The van der Waals surface area contributed by atoms with E-state index in [1.54, 1.807) is 6.07 Å². The summed E-state index contributed by atoms with van der Waals surface area (Å²) in [6, 6.07) is 5.15. The molecule has 0 radical (unpaired) electrons. The van der Waals surface area contributed by atoms with Crippen molar-refractivity contribution in [2.24, 2.45) is 10.7 Å². The van der Waals surface area contributed by atoms with Crippen molar-refractivity contribution in [1.29, 1.82) is 5.41 Å². The summed E-state index contributed by atoms with van der Waals surface area (Å²) in [6.07, 6.45) is -2.94. The standard InChI is InChI=1S/C16H13F3N6O2/c1-26-13-11-10(6-7-22-13)23-15(24-11)25-14(21)27-12(20)8-2-4-9(5-3-8)16(17,18)19/h2-7,20H,1H3,(H3,21,23,24,25). The molecule has 3 aromatic rings. The van der Waals surface area contributed by atoms with Gasteiger partial charge in [-0.1, -0.05) is 0 Å². The first-order chi connectivity index (χ1) is 12.8. The number of aromatic amines is 1. The molecule has 2 aromatic heterocycles. The summed E-state index contributed by atoms with van der Waals surface area (Å²) in [6.45, 7) is 0. The van der Waals surface area contributed by atoms with E-state index in [9.17, 15) is 13.2 Å². The second-order valence-electron chi connectivity index (χ2n) is 5.23. The number of nitrogens with two attached hydrogens (primary N) is 1. The number of imidazole rings is 1. The first kappa shape index (κ1) is 18.2. The van der Waals surface area contributed by atoms with Gasteiger partial charge in [0.2, 0.25) is 17.7 Å². The predicted octanol–water partition coefficient (Wildman–Crippen LogP) is 2.97. The van der Waals surface area contributed by atoms with E-state index in [0.717, 1.165) is 24.3 Å². The van der Waals surface area contributed by atoms with E-state index in [-0.39, 0.29) is 11.5 Å². The maximum Gasteiger partial charge on any atom is 0.416 e. The second kappa shape index (κ2) is 6.94. The summed E-state index contributed by atoms with van der Waals surface area (Å²) in [4.78, 5) is 14.9. The Bertz CT molecular complexity index is 1010. The van der Waals surface area contributed by atoms with Gasteiger partial charge in [-0.3, -0.25) is 5.41 Å². The van der Waals surface area contributed by atoms with Crippen LogP contribution in [-0.4, -0.2) is 34.0 Å². The summed E-state index contributed by atoms with van der Waals surface area (Å²) in [5.41, 5.74) is 5.95. The van der Waals surface area contributed by atoms with Crippen LogP contribution in [0.4, 0.5) is 19.1 Å². The van der Waals surface area contributed by atoms with Crippen LogP contribution in [0.3, 0.4) is 0 Å². The van der Waals surface area contributed by atoms with Crippen molar-refractivity contribution in [2.75, 3.05) is 7.11 Å². The van der Waals surface area contributed by atoms with Gasteiger partial charge in [0.15, 0.2) is 5.52 Å². The van der Waals surface area contributed by atoms with E-state index in [1.165, 1.54) is 13.3 Å². The van der Waals surface area contributed by atoms with E-state index < -0.39 is 23.7 Å². The number of pyridine rings is 1. The normalized spacial score (nSPS) is 12.2. The van der Waals surface area contributed by atoms with Crippen LogP contribution in [0.25, 0.3) is 11.0 Å². The van der Waals surface area contributed by atoms with Crippen LogP contribution in [0.2, 0.25) is 0 Å². The number of nitrogens with zero attached hydrogens (tertiary/aromatic N) is 3. The quantitative estimate of drug-likeness (QED) is 0.478. The lowest BCUT2D eigenvalue weighted by Crippen LogP contribution is -2.21. The number of benzene rings is 1. The average Bonchev–Trinajstić information content (AvgIpc) is 3.03.